The highest BCUT2D eigenvalue weighted by atomic mass is 16.6. The van der Waals surface area contributed by atoms with E-state index in [2.05, 4.69) is 13.8 Å². The molecule has 1 unspecified atom stereocenters. The summed E-state index contributed by atoms with van der Waals surface area (Å²) >= 11 is 0. The van der Waals surface area contributed by atoms with Crippen LogP contribution in [0.2, 0.25) is 0 Å². The van der Waals surface area contributed by atoms with Crippen LogP contribution < -0.4 is 0 Å². The number of hydrogen-bond acceptors (Lipinski definition) is 6. The van der Waals surface area contributed by atoms with E-state index in [1.807, 2.05) is 6.92 Å². The Hall–Kier alpha value is -1.14. The smallest absolute Gasteiger partial charge is 0.308 e. The van der Waals surface area contributed by atoms with Gasteiger partial charge >= 0.3 is 11.9 Å². The molecule has 0 rings (SSSR count). The average molecular weight is 417 g/mol. The lowest BCUT2D eigenvalue weighted by Gasteiger charge is -2.11. The summed E-state index contributed by atoms with van der Waals surface area (Å²) < 4.78 is 21.3. The van der Waals surface area contributed by atoms with Gasteiger partial charge < -0.3 is 18.9 Å². The minimum Gasteiger partial charge on any atom is -0.463 e. The van der Waals surface area contributed by atoms with Crippen molar-refractivity contribution in [3.8, 4) is 0 Å². The minimum absolute atomic E-state index is 0.223. The van der Waals surface area contributed by atoms with Crippen molar-refractivity contribution < 1.29 is 28.5 Å². The van der Waals surface area contributed by atoms with Gasteiger partial charge in [0.05, 0.1) is 19.1 Å². The van der Waals surface area contributed by atoms with Crippen LogP contribution in [0.15, 0.2) is 0 Å². The SMILES string of the molecule is CCCCCCOCCOC(=O)CCCC(C)C(=O)OCCOCCCCCC. The van der Waals surface area contributed by atoms with E-state index < -0.39 is 0 Å². The van der Waals surface area contributed by atoms with E-state index >= 15 is 0 Å². The van der Waals surface area contributed by atoms with Crippen LogP contribution in [0.4, 0.5) is 0 Å². The topological polar surface area (TPSA) is 71.1 Å². The molecule has 0 fully saturated rings. The van der Waals surface area contributed by atoms with Crippen LogP contribution in [0.1, 0.15) is 91.4 Å². The fourth-order valence-corrected chi connectivity index (χ4v) is 2.77. The Balaban J connectivity index is 3.48. The van der Waals surface area contributed by atoms with Crippen molar-refractivity contribution in [1.82, 2.24) is 0 Å². The Labute approximate surface area is 178 Å². The lowest BCUT2D eigenvalue weighted by molar-refractivity contribution is -0.150. The van der Waals surface area contributed by atoms with Crippen LogP contribution in [0.3, 0.4) is 0 Å². The van der Waals surface area contributed by atoms with Crippen LogP contribution >= 0.6 is 0 Å². The first-order chi connectivity index (χ1) is 14.1. The molecule has 0 bridgehead atoms. The van der Waals surface area contributed by atoms with Gasteiger partial charge in [-0.15, -0.1) is 0 Å². The predicted molar refractivity (Wildman–Crippen MR) is 115 cm³/mol. The Morgan fingerprint density at radius 2 is 1.21 bits per heavy atom. The summed E-state index contributed by atoms with van der Waals surface area (Å²) in [5.41, 5.74) is 0. The monoisotopic (exact) mass is 416 g/mol. The number of carbonyl (C=O) groups excluding carboxylic acids is 2. The van der Waals surface area contributed by atoms with Gasteiger partial charge in [0.25, 0.3) is 0 Å². The van der Waals surface area contributed by atoms with E-state index in [1.54, 1.807) is 0 Å². The normalized spacial score (nSPS) is 12.0. The van der Waals surface area contributed by atoms with Gasteiger partial charge in [0.1, 0.15) is 13.2 Å². The second-order valence-corrected chi connectivity index (χ2v) is 7.53. The maximum absolute atomic E-state index is 11.9. The van der Waals surface area contributed by atoms with Crippen molar-refractivity contribution in [3.63, 3.8) is 0 Å². The second-order valence-electron chi connectivity index (χ2n) is 7.53. The minimum atomic E-state index is -0.239. The third kappa shape index (κ3) is 19.9. The van der Waals surface area contributed by atoms with Crippen LogP contribution in [-0.2, 0) is 28.5 Å². The quantitative estimate of drug-likeness (QED) is 0.192. The Morgan fingerprint density at radius 1 is 0.655 bits per heavy atom. The first kappa shape index (κ1) is 27.9. The molecule has 0 aromatic carbocycles. The number of rotatable bonds is 21. The van der Waals surface area contributed by atoms with Gasteiger partial charge in [0.15, 0.2) is 0 Å². The van der Waals surface area contributed by atoms with Gasteiger partial charge in [-0.3, -0.25) is 9.59 Å². The van der Waals surface area contributed by atoms with Crippen molar-refractivity contribution >= 4 is 11.9 Å². The van der Waals surface area contributed by atoms with Crippen molar-refractivity contribution in [2.24, 2.45) is 5.92 Å². The summed E-state index contributed by atoms with van der Waals surface area (Å²) in [4.78, 5) is 23.6. The van der Waals surface area contributed by atoms with E-state index in [9.17, 15) is 9.59 Å². The highest BCUT2D eigenvalue weighted by Gasteiger charge is 2.15. The highest BCUT2D eigenvalue weighted by Crippen LogP contribution is 2.10. The Kier molecular flexibility index (Phi) is 20.7. The van der Waals surface area contributed by atoms with Crippen LogP contribution in [0.5, 0.6) is 0 Å². The number of hydrogen-bond donors (Lipinski definition) is 0. The van der Waals surface area contributed by atoms with Crippen molar-refractivity contribution in [1.29, 1.82) is 0 Å². The molecule has 6 nitrogen and oxygen atoms in total. The zero-order valence-corrected chi connectivity index (χ0v) is 19.0. The second kappa shape index (κ2) is 21.6. The summed E-state index contributed by atoms with van der Waals surface area (Å²) in [6.45, 7) is 9.09. The van der Waals surface area contributed by atoms with Crippen molar-refractivity contribution in [2.75, 3.05) is 39.6 Å². The van der Waals surface area contributed by atoms with Gasteiger partial charge in [-0.2, -0.15) is 0 Å². The van der Waals surface area contributed by atoms with Gasteiger partial charge in [-0.1, -0.05) is 59.3 Å². The first-order valence-corrected chi connectivity index (χ1v) is 11.6. The van der Waals surface area contributed by atoms with Gasteiger partial charge in [-0.25, -0.2) is 0 Å². The number of esters is 2. The molecule has 29 heavy (non-hydrogen) atoms. The molecule has 0 radical (unpaired) electrons. The van der Waals surface area contributed by atoms with E-state index in [4.69, 9.17) is 18.9 Å². The lowest BCUT2D eigenvalue weighted by atomic mass is 10.0. The summed E-state index contributed by atoms with van der Waals surface area (Å²) in [6, 6.07) is 0. The number of ether oxygens (including phenoxy) is 4. The fourth-order valence-electron chi connectivity index (χ4n) is 2.77. The molecule has 172 valence electrons. The van der Waals surface area contributed by atoms with Gasteiger partial charge in [0.2, 0.25) is 0 Å². The number of unbranched alkanes of at least 4 members (excludes halogenated alkanes) is 6. The van der Waals surface area contributed by atoms with Crippen molar-refractivity contribution in [3.05, 3.63) is 0 Å². The van der Waals surface area contributed by atoms with Crippen LogP contribution in [0.25, 0.3) is 0 Å². The lowest BCUT2D eigenvalue weighted by Crippen LogP contribution is -2.18. The molecule has 0 amide bonds. The summed E-state index contributed by atoms with van der Waals surface area (Å²) in [6.07, 6.45) is 10.9. The molecule has 0 aliphatic rings. The van der Waals surface area contributed by atoms with E-state index in [1.165, 1.54) is 38.5 Å². The van der Waals surface area contributed by atoms with Crippen molar-refractivity contribution in [2.45, 2.75) is 91.4 Å². The maximum atomic E-state index is 11.9. The molecule has 0 saturated carbocycles. The van der Waals surface area contributed by atoms with E-state index in [-0.39, 0.29) is 24.5 Å². The average Bonchev–Trinajstić information content (AvgIpc) is 2.71. The molecule has 0 N–H and O–H groups in total. The molecule has 6 heteroatoms. The predicted octanol–water partition coefficient (Wildman–Crippen LogP) is 5.07. The fraction of sp³-hybridized carbons (Fsp3) is 0.913. The van der Waals surface area contributed by atoms with Gasteiger partial charge in [0, 0.05) is 19.6 Å². The third-order valence-electron chi connectivity index (χ3n) is 4.67. The summed E-state index contributed by atoms with van der Waals surface area (Å²) in [7, 11) is 0. The molecule has 0 aliphatic carbocycles. The largest absolute Gasteiger partial charge is 0.463 e. The highest BCUT2D eigenvalue weighted by molar-refractivity contribution is 5.72. The maximum Gasteiger partial charge on any atom is 0.308 e. The molecule has 0 heterocycles. The molecule has 0 aliphatic heterocycles. The molecule has 0 aromatic heterocycles. The molecule has 1 atom stereocenters. The van der Waals surface area contributed by atoms with E-state index in [0.717, 1.165) is 26.1 Å². The van der Waals surface area contributed by atoms with Crippen LogP contribution in [-0.4, -0.2) is 51.6 Å². The Bertz CT molecular complexity index is 386. The zero-order valence-electron chi connectivity index (χ0n) is 19.0. The summed E-state index contributed by atoms with van der Waals surface area (Å²) in [5, 5.41) is 0. The zero-order chi connectivity index (χ0) is 21.6. The standard InChI is InChI=1S/C23H44O6/c1-4-6-8-10-15-26-17-19-28-22(24)14-12-13-21(3)23(25)29-20-18-27-16-11-9-7-5-2/h21H,4-20H2,1-3H3. The molecule has 0 spiro atoms. The first-order valence-electron chi connectivity index (χ1n) is 11.6. The van der Waals surface area contributed by atoms with Crippen LogP contribution in [0, 0.1) is 5.92 Å². The van der Waals surface area contributed by atoms with E-state index in [0.29, 0.717) is 39.1 Å². The number of carbonyl (C=O) groups is 2. The summed E-state index contributed by atoms with van der Waals surface area (Å²) in [5.74, 6) is -0.695. The Morgan fingerprint density at radius 3 is 1.76 bits per heavy atom. The third-order valence-corrected chi connectivity index (χ3v) is 4.67. The van der Waals surface area contributed by atoms with Gasteiger partial charge in [-0.05, 0) is 25.7 Å². The molecule has 0 aromatic rings. The molecule has 0 saturated heterocycles. The molecular weight excluding hydrogens is 372 g/mol. The molecular formula is C23H44O6.